The number of carbonyl (C=O) groups excluding carboxylic acids is 2. The highest BCUT2D eigenvalue weighted by Gasteiger charge is 2.12. The minimum absolute atomic E-state index is 0.0944. The lowest BCUT2D eigenvalue weighted by molar-refractivity contribution is -0.116. The van der Waals surface area contributed by atoms with Gasteiger partial charge in [-0.05, 0) is 49.8 Å². The molecule has 2 N–H and O–H groups in total. The molecule has 0 atom stereocenters. The predicted molar refractivity (Wildman–Crippen MR) is 116 cm³/mol. The molecule has 0 saturated carbocycles. The molecule has 2 heterocycles. The molecule has 5 nitrogen and oxygen atoms in total. The normalized spacial score (nSPS) is 10.7. The topological polar surface area (TPSA) is 71.1 Å². The number of rotatable bonds is 7. The van der Waals surface area contributed by atoms with E-state index in [4.69, 9.17) is 0 Å². The van der Waals surface area contributed by atoms with Gasteiger partial charge in [0.1, 0.15) is 0 Å². The third kappa shape index (κ3) is 5.05. The van der Waals surface area contributed by atoms with Crippen LogP contribution in [0.2, 0.25) is 0 Å². The predicted octanol–water partition coefficient (Wildman–Crippen LogP) is 4.95. The Morgan fingerprint density at radius 2 is 1.86 bits per heavy atom. The second kappa shape index (κ2) is 9.12. The van der Waals surface area contributed by atoms with Crippen LogP contribution in [0.4, 0.5) is 5.13 Å². The summed E-state index contributed by atoms with van der Waals surface area (Å²) >= 11 is 2.91. The molecule has 0 unspecified atom stereocenters. The Morgan fingerprint density at radius 3 is 2.54 bits per heavy atom. The van der Waals surface area contributed by atoms with E-state index in [1.165, 1.54) is 39.4 Å². The summed E-state index contributed by atoms with van der Waals surface area (Å²) < 4.78 is 0. The van der Waals surface area contributed by atoms with Crippen molar-refractivity contribution in [2.45, 2.75) is 33.6 Å². The van der Waals surface area contributed by atoms with Crippen LogP contribution in [0.15, 0.2) is 34.3 Å². The molecule has 3 rings (SSSR count). The maximum Gasteiger partial charge on any atom is 0.252 e. The fourth-order valence-electron chi connectivity index (χ4n) is 3.16. The molecule has 0 fully saturated rings. The Kier molecular flexibility index (Phi) is 6.59. The van der Waals surface area contributed by atoms with Crippen molar-refractivity contribution >= 4 is 39.6 Å². The molecular formula is C21H23N3O2S2. The first-order valence-corrected chi connectivity index (χ1v) is 10.9. The van der Waals surface area contributed by atoms with Crippen molar-refractivity contribution in [3.8, 4) is 11.3 Å². The molecule has 1 aromatic carbocycles. The molecule has 0 aliphatic carbocycles. The number of hydrogen-bond acceptors (Lipinski definition) is 5. The summed E-state index contributed by atoms with van der Waals surface area (Å²) in [5.74, 6) is -0.196. The first kappa shape index (κ1) is 20.2. The van der Waals surface area contributed by atoms with E-state index in [0.717, 1.165) is 11.3 Å². The number of carbonyl (C=O) groups is 2. The number of hydrogen-bond donors (Lipinski definition) is 2. The smallest absolute Gasteiger partial charge is 0.252 e. The quantitative estimate of drug-likeness (QED) is 0.539. The monoisotopic (exact) mass is 413 g/mol. The molecule has 0 radical (unpaired) electrons. The van der Waals surface area contributed by atoms with Gasteiger partial charge in [0.25, 0.3) is 5.91 Å². The molecule has 0 aliphatic heterocycles. The minimum Gasteiger partial charge on any atom is -0.352 e. The molecule has 3 aromatic rings. The summed E-state index contributed by atoms with van der Waals surface area (Å²) in [5, 5.41) is 11.9. The standard InChI is InChI=1S/C21H23N3O2S2/c1-13-9-14(2)19(15(3)10-13)17-12-28-21(23-17)24-18(25)5-4-7-22-20(26)16-6-8-27-11-16/h6,8-12H,4-5,7H2,1-3H3,(H,22,26)(H,23,24,25). The van der Waals surface area contributed by atoms with Crippen molar-refractivity contribution in [3.05, 3.63) is 56.6 Å². The molecule has 0 saturated heterocycles. The summed E-state index contributed by atoms with van der Waals surface area (Å²) in [6.45, 7) is 6.71. The first-order chi connectivity index (χ1) is 13.4. The van der Waals surface area contributed by atoms with E-state index in [1.54, 1.807) is 11.4 Å². The molecule has 0 aliphatic rings. The van der Waals surface area contributed by atoms with Crippen molar-refractivity contribution in [1.82, 2.24) is 10.3 Å². The number of aryl methyl sites for hydroxylation is 3. The van der Waals surface area contributed by atoms with E-state index in [2.05, 4.69) is 48.5 Å². The van der Waals surface area contributed by atoms with Crippen molar-refractivity contribution in [2.75, 3.05) is 11.9 Å². The van der Waals surface area contributed by atoms with E-state index < -0.39 is 0 Å². The van der Waals surface area contributed by atoms with Gasteiger partial charge in [0.05, 0.1) is 5.69 Å². The number of amides is 2. The lowest BCUT2D eigenvalue weighted by Crippen LogP contribution is -2.25. The number of thiophene rings is 1. The van der Waals surface area contributed by atoms with E-state index in [1.807, 2.05) is 10.8 Å². The second-order valence-corrected chi connectivity index (χ2v) is 8.37. The molecule has 2 amide bonds. The van der Waals surface area contributed by atoms with Gasteiger partial charge in [-0.2, -0.15) is 11.3 Å². The van der Waals surface area contributed by atoms with Gasteiger partial charge in [-0.15, -0.1) is 11.3 Å². The number of benzene rings is 1. The molecule has 28 heavy (non-hydrogen) atoms. The Balaban J connectivity index is 1.50. The molecular weight excluding hydrogens is 390 g/mol. The highest BCUT2D eigenvalue weighted by atomic mass is 32.1. The van der Waals surface area contributed by atoms with Gasteiger partial charge in [0, 0.05) is 34.9 Å². The van der Waals surface area contributed by atoms with Gasteiger partial charge in [-0.3, -0.25) is 9.59 Å². The van der Waals surface area contributed by atoms with Crippen LogP contribution < -0.4 is 10.6 Å². The Hall–Kier alpha value is -2.51. The summed E-state index contributed by atoms with van der Waals surface area (Å²) in [7, 11) is 0. The van der Waals surface area contributed by atoms with Gasteiger partial charge in [-0.1, -0.05) is 17.7 Å². The molecule has 2 aromatic heterocycles. The van der Waals surface area contributed by atoms with E-state index >= 15 is 0 Å². The average Bonchev–Trinajstić information content (AvgIpc) is 3.30. The van der Waals surface area contributed by atoms with Crippen LogP contribution in [-0.4, -0.2) is 23.3 Å². The Labute approximate surface area is 172 Å². The first-order valence-electron chi connectivity index (χ1n) is 9.08. The van der Waals surface area contributed by atoms with Crippen molar-refractivity contribution in [3.63, 3.8) is 0 Å². The van der Waals surface area contributed by atoms with Gasteiger partial charge in [-0.25, -0.2) is 4.98 Å². The molecule has 146 valence electrons. The van der Waals surface area contributed by atoms with Crippen LogP contribution in [0, 0.1) is 20.8 Å². The number of anilines is 1. The highest BCUT2D eigenvalue weighted by Crippen LogP contribution is 2.31. The van der Waals surface area contributed by atoms with Crippen LogP contribution in [-0.2, 0) is 4.79 Å². The molecule has 0 spiro atoms. The van der Waals surface area contributed by atoms with Gasteiger partial charge >= 0.3 is 0 Å². The fourth-order valence-corrected chi connectivity index (χ4v) is 4.51. The maximum absolute atomic E-state index is 12.2. The Morgan fingerprint density at radius 1 is 1.11 bits per heavy atom. The van der Waals surface area contributed by atoms with Gasteiger partial charge in [0.2, 0.25) is 5.91 Å². The molecule has 0 bridgehead atoms. The van der Waals surface area contributed by atoms with E-state index in [9.17, 15) is 9.59 Å². The van der Waals surface area contributed by atoms with Gasteiger partial charge < -0.3 is 10.6 Å². The summed E-state index contributed by atoms with van der Waals surface area (Å²) in [5.41, 5.74) is 6.26. The zero-order chi connectivity index (χ0) is 20.1. The number of thiazole rings is 1. The van der Waals surface area contributed by atoms with Crippen molar-refractivity contribution in [1.29, 1.82) is 0 Å². The van der Waals surface area contributed by atoms with Crippen molar-refractivity contribution < 1.29 is 9.59 Å². The summed E-state index contributed by atoms with van der Waals surface area (Å²) in [6, 6.07) is 6.07. The SMILES string of the molecule is Cc1cc(C)c(-c2csc(NC(=O)CCCNC(=O)c3ccsc3)n2)c(C)c1. The zero-order valence-corrected chi connectivity index (χ0v) is 17.8. The summed E-state index contributed by atoms with van der Waals surface area (Å²) in [4.78, 5) is 28.6. The third-order valence-electron chi connectivity index (χ3n) is 4.33. The minimum atomic E-state index is -0.102. The van der Waals surface area contributed by atoms with Crippen LogP contribution in [0.25, 0.3) is 11.3 Å². The fraction of sp³-hybridized carbons (Fsp3) is 0.286. The third-order valence-corrected chi connectivity index (χ3v) is 5.77. The Bertz CT molecular complexity index is 954. The van der Waals surface area contributed by atoms with E-state index in [0.29, 0.717) is 30.1 Å². The van der Waals surface area contributed by atoms with Crippen molar-refractivity contribution in [2.24, 2.45) is 0 Å². The highest BCUT2D eigenvalue weighted by molar-refractivity contribution is 7.14. The zero-order valence-electron chi connectivity index (χ0n) is 16.2. The van der Waals surface area contributed by atoms with Crippen LogP contribution >= 0.6 is 22.7 Å². The number of nitrogens with zero attached hydrogens (tertiary/aromatic N) is 1. The van der Waals surface area contributed by atoms with Crippen LogP contribution in [0.3, 0.4) is 0 Å². The maximum atomic E-state index is 12.2. The number of aromatic nitrogens is 1. The van der Waals surface area contributed by atoms with Crippen LogP contribution in [0.1, 0.15) is 39.9 Å². The largest absolute Gasteiger partial charge is 0.352 e. The second-order valence-electron chi connectivity index (χ2n) is 6.73. The molecule has 7 heteroatoms. The lowest BCUT2D eigenvalue weighted by Gasteiger charge is -2.08. The lowest BCUT2D eigenvalue weighted by atomic mass is 9.98. The average molecular weight is 414 g/mol. The van der Waals surface area contributed by atoms with Crippen LogP contribution in [0.5, 0.6) is 0 Å². The number of nitrogens with one attached hydrogen (secondary N) is 2. The van der Waals surface area contributed by atoms with Gasteiger partial charge in [0.15, 0.2) is 5.13 Å². The summed E-state index contributed by atoms with van der Waals surface area (Å²) in [6.07, 6.45) is 0.914. The van der Waals surface area contributed by atoms with E-state index in [-0.39, 0.29) is 11.8 Å².